The van der Waals surface area contributed by atoms with Gasteiger partial charge in [0.1, 0.15) is 12.4 Å². The Kier molecular flexibility index (Phi) is 8.04. The number of rotatable bonds is 6. The first-order chi connectivity index (χ1) is 16.3. The molecule has 0 spiro atoms. The van der Waals surface area contributed by atoms with E-state index in [4.69, 9.17) is 44.9 Å². The van der Waals surface area contributed by atoms with Gasteiger partial charge in [-0.1, -0.05) is 59.3 Å². The van der Waals surface area contributed by atoms with Crippen LogP contribution < -0.4 is 14.4 Å². The van der Waals surface area contributed by atoms with E-state index >= 15 is 0 Å². The maximum Gasteiger partial charge on any atom is 0.270 e. The Hall–Kier alpha value is -1.85. The lowest BCUT2D eigenvalue weighted by molar-refractivity contribution is -0.113. The molecule has 1 amide bonds. The first kappa shape index (κ1) is 25.2. The number of anilines is 1. The minimum absolute atomic E-state index is 0.0796. The number of benzene rings is 3. The van der Waals surface area contributed by atoms with Gasteiger partial charge in [0.15, 0.2) is 15.8 Å². The number of ether oxygens (including phenoxy) is 2. The third-order valence-electron chi connectivity index (χ3n) is 4.80. The molecule has 174 valence electrons. The largest absolute Gasteiger partial charge is 0.493 e. The number of hydrogen-bond acceptors (Lipinski definition) is 5. The van der Waals surface area contributed by atoms with Crippen molar-refractivity contribution in [1.29, 1.82) is 0 Å². The Morgan fingerprint density at radius 3 is 2.56 bits per heavy atom. The SMILES string of the molecule is COc1cc(/C=C2/SC(=S)N(c3ccc(F)c(Cl)c3)C2=O)cc(I)c1OCc1ccc(Cl)cc1. The number of halogens is 4. The van der Waals surface area contributed by atoms with E-state index in [1.165, 1.54) is 23.1 Å². The highest BCUT2D eigenvalue weighted by Crippen LogP contribution is 2.39. The molecule has 0 aliphatic carbocycles. The normalized spacial score (nSPS) is 14.7. The Morgan fingerprint density at radius 1 is 1.15 bits per heavy atom. The fraction of sp³-hybridized carbons (Fsp3) is 0.0833. The monoisotopic (exact) mass is 645 g/mol. The number of thiocarbonyl (C=S) groups is 1. The zero-order chi connectivity index (χ0) is 24.4. The van der Waals surface area contributed by atoms with Crippen molar-refractivity contribution in [3.63, 3.8) is 0 Å². The number of thioether (sulfide) groups is 1. The molecule has 4 rings (SSSR count). The molecular formula is C24H15Cl2FINO3S2. The van der Waals surface area contributed by atoms with Gasteiger partial charge in [0, 0.05) is 5.02 Å². The summed E-state index contributed by atoms with van der Waals surface area (Å²) in [6.07, 6.45) is 1.73. The molecular weight excluding hydrogens is 631 g/mol. The zero-order valence-electron chi connectivity index (χ0n) is 17.5. The number of carbonyl (C=O) groups excluding carboxylic acids is 1. The summed E-state index contributed by atoms with van der Waals surface area (Å²) in [4.78, 5) is 14.8. The molecule has 4 nitrogen and oxygen atoms in total. The van der Waals surface area contributed by atoms with Crippen molar-refractivity contribution in [3.05, 3.63) is 90.1 Å². The van der Waals surface area contributed by atoms with Crippen LogP contribution >= 0.6 is 69.8 Å². The highest BCUT2D eigenvalue weighted by molar-refractivity contribution is 14.1. The molecule has 0 unspecified atom stereocenters. The second kappa shape index (κ2) is 10.8. The zero-order valence-corrected chi connectivity index (χ0v) is 22.8. The highest BCUT2D eigenvalue weighted by atomic mass is 127. The van der Waals surface area contributed by atoms with Gasteiger partial charge < -0.3 is 9.47 Å². The molecule has 0 N–H and O–H groups in total. The predicted molar refractivity (Wildman–Crippen MR) is 149 cm³/mol. The Bertz CT molecular complexity index is 1320. The first-order valence-electron chi connectivity index (χ1n) is 9.74. The van der Waals surface area contributed by atoms with Crippen molar-refractivity contribution in [2.45, 2.75) is 6.61 Å². The fourth-order valence-electron chi connectivity index (χ4n) is 3.17. The van der Waals surface area contributed by atoms with Crippen LogP contribution in [0.1, 0.15) is 11.1 Å². The van der Waals surface area contributed by atoms with Crippen LogP contribution in [0.15, 0.2) is 59.5 Å². The van der Waals surface area contributed by atoms with E-state index < -0.39 is 5.82 Å². The topological polar surface area (TPSA) is 38.8 Å². The minimum Gasteiger partial charge on any atom is -0.493 e. The molecule has 3 aromatic rings. The summed E-state index contributed by atoms with van der Waals surface area (Å²) in [5, 5.41) is 0.581. The van der Waals surface area contributed by atoms with Crippen LogP contribution in [0, 0.1) is 9.39 Å². The second-order valence-corrected chi connectivity index (χ2v) is 10.7. The van der Waals surface area contributed by atoms with Crippen molar-refractivity contribution in [3.8, 4) is 11.5 Å². The van der Waals surface area contributed by atoms with E-state index in [1.54, 1.807) is 19.3 Å². The van der Waals surface area contributed by atoms with E-state index in [-0.39, 0.29) is 10.9 Å². The average molecular weight is 646 g/mol. The molecule has 0 atom stereocenters. The third kappa shape index (κ3) is 5.52. The van der Waals surface area contributed by atoms with Gasteiger partial charge in [-0.15, -0.1) is 0 Å². The van der Waals surface area contributed by atoms with Crippen molar-refractivity contribution in [2.24, 2.45) is 0 Å². The number of carbonyl (C=O) groups is 1. The summed E-state index contributed by atoms with van der Waals surface area (Å²) in [6.45, 7) is 0.349. The maximum atomic E-state index is 13.5. The summed E-state index contributed by atoms with van der Waals surface area (Å²) >= 11 is 20.5. The molecule has 1 aliphatic heterocycles. The molecule has 10 heteroatoms. The van der Waals surface area contributed by atoms with Crippen LogP contribution in [-0.2, 0) is 11.4 Å². The standard InChI is InChI=1S/C24H15Cl2FINO3S2/c1-31-20-9-14(8-19(28)22(20)32-12-13-2-4-15(25)5-3-13)10-21-23(30)29(24(33)34-21)16-6-7-18(27)17(26)11-16/h2-11H,12H2,1H3/b21-10+. The number of nitrogens with zero attached hydrogens (tertiary/aromatic N) is 1. The van der Waals surface area contributed by atoms with Gasteiger partial charge in [-0.25, -0.2) is 4.39 Å². The summed E-state index contributed by atoms with van der Waals surface area (Å²) in [6, 6.07) is 15.1. The van der Waals surface area contributed by atoms with Crippen molar-refractivity contribution in [2.75, 3.05) is 12.0 Å². The van der Waals surface area contributed by atoms with Gasteiger partial charge in [0.25, 0.3) is 5.91 Å². The average Bonchev–Trinajstić information content (AvgIpc) is 3.08. The van der Waals surface area contributed by atoms with Crippen LogP contribution in [0.3, 0.4) is 0 Å². The van der Waals surface area contributed by atoms with Crippen LogP contribution in [0.4, 0.5) is 10.1 Å². The summed E-state index contributed by atoms with van der Waals surface area (Å²) in [7, 11) is 1.56. The summed E-state index contributed by atoms with van der Waals surface area (Å²) in [5.74, 6) is 0.262. The van der Waals surface area contributed by atoms with Crippen LogP contribution in [0.25, 0.3) is 6.08 Å². The molecule has 1 heterocycles. The maximum absolute atomic E-state index is 13.5. The molecule has 3 aromatic carbocycles. The number of hydrogen-bond donors (Lipinski definition) is 0. The van der Waals surface area contributed by atoms with Crippen LogP contribution in [0.5, 0.6) is 11.5 Å². The molecule has 1 aliphatic rings. The van der Waals surface area contributed by atoms with E-state index in [9.17, 15) is 9.18 Å². The third-order valence-corrected chi connectivity index (χ3v) is 7.45. The lowest BCUT2D eigenvalue weighted by atomic mass is 10.1. The summed E-state index contributed by atoms with van der Waals surface area (Å²) in [5.41, 5.74) is 2.13. The molecule has 0 saturated carbocycles. The van der Waals surface area contributed by atoms with Crippen molar-refractivity contribution >= 4 is 91.8 Å². The lowest BCUT2D eigenvalue weighted by Gasteiger charge is -2.15. The van der Waals surface area contributed by atoms with E-state index in [0.29, 0.717) is 38.0 Å². The van der Waals surface area contributed by atoms with Gasteiger partial charge >= 0.3 is 0 Å². The first-order valence-corrected chi connectivity index (χ1v) is 12.8. The van der Waals surface area contributed by atoms with Crippen molar-refractivity contribution < 1.29 is 18.7 Å². The lowest BCUT2D eigenvalue weighted by Crippen LogP contribution is -2.27. The van der Waals surface area contributed by atoms with Gasteiger partial charge in [-0.05, 0) is 82.3 Å². The van der Waals surface area contributed by atoms with E-state index in [2.05, 4.69) is 22.6 Å². The molecule has 34 heavy (non-hydrogen) atoms. The van der Waals surface area contributed by atoms with E-state index in [0.717, 1.165) is 26.5 Å². The molecule has 0 aromatic heterocycles. The molecule has 1 saturated heterocycles. The van der Waals surface area contributed by atoms with Gasteiger partial charge in [-0.2, -0.15) is 0 Å². The second-order valence-electron chi connectivity index (χ2n) is 7.06. The molecule has 1 fully saturated rings. The van der Waals surface area contributed by atoms with Crippen LogP contribution in [-0.4, -0.2) is 17.3 Å². The Labute approximate surface area is 229 Å². The predicted octanol–water partition coefficient (Wildman–Crippen LogP) is 7.73. The minimum atomic E-state index is -0.563. The number of methoxy groups -OCH3 is 1. The van der Waals surface area contributed by atoms with Crippen molar-refractivity contribution in [1.82, 2.24) is 0 Å². The van der Waals surface area contributed by atoms with Gasteiger partial charge in [0.05, 0.1) is 26.3 Å². The van der Waals surface area contributed by atoms with E-state index in [1.807, 2.05) is 30.3 Å². The smallest absolute Gasteiger partial charge is 0.270 e. The van der Waals surface area contributed by atoms with Gasteiger partial charge in [0.2, 0.25) is 0 Å². The Balaban J connectivity index is 1.58. The van der Waals surface area contributed by atoms with Gasteiger partial charge in [-0.3, -0.25) is 9.69 Å². The quantitative estimate of drug-likeness (QED) is 0.156. The summed E-state index contributed by atoms with van der Waals surface area (Å²) < 4.78 is 26.2. The highest BCUT2D eigenvalue weighted by Gasteiger charge is 2.33. The molecule has 0 radical (unpaired) electrons. The molecule has 0 bridgehead atoms. The number of amides is 1. The van der Waals surface area contributed by atoms with Crippen LogP contribution in [0.2, 0.25) is 10.0 Å². The Morgan fingerprint density at radius 2 is 1.88 bits per heavy atom. The fourth-order valence-corrected chi connectivity index (χ4v) is 5.55.